The summed E-state index contributed by atoms with van der Waals surface area (Å²) in [7, 11) is 0. The minimum atomic E-state index is 0.165. The molecule has 1 spiro atoms. The van der Waals surface area contributed by atoms with Crippen LogP contribution in [0.2, 0.25) is 0 Å². The number of ether oxygens (including phenoxy) is 1. The Morgan fingerprint density at radius 2 is 1.89 bits per heavy atom. The normalized spacial score (nSPS) is 22.9. The molecule has 1 aliphatic carbocycles. The molecule has 1 atom stereocenters. The maximum absolute atomic E-state index is 5.90. The van der Waals surface area contributed by atoms with Crippen molar-refractivity contribution in [1.29, 1.82) is 0 Å². The van der Waals surface area contributed by atoms with Crippen LogP contribution in [0.4, 0.5) is 0 Å². The Labute approximate surface area is 113 Å². The van der Waals surface area contributed by atoms with Crippen molar-refractivity contribution in [2.75, 3.05) is 6.61 Å². The maximum atomic E-state index is 5.90. The van der Waals surface area contributed by atoms with Gasteiger partial charge >= 0.3 is 0 Å². The molecular weight excluding hydrogens is 232 g/mol. The van der Waals surface area contributed by atoms with E-state index in [1.54, 1.807) is 0 Å². The van der Waals surface area contributed by atoms with E-state index in [0.29, 0.717) is 0 Å². The standard InChI is InChI=1S/C18H16O/c1-2-13-7-8-14-10-18(11-15(14)9-13)12-19-17-6-4-3-5-16(17)18/h2-9H,1,10-12H2/t18-/m1/s1. The SMILES string of the molecule is C=Cc1ccc2c(c1)C[C@@]1(COc3ccccc31)C2. The molecular formula is C18H16O. The highest BCUT2D eigenvalue weighted by atomic mass is 16.5. The Balaban J connectivity index is 1.80. The van der Waals surface area contributed by atoms with Crippen molar-refractivity contribution in [1.82, 2.24) is 0 Å². The van der Waals surface area contributed by atoms with Crippen LogP contribution in [0.25, 0.3) is 6.08 Å². The Hall–Kier alpha value is -2.02. The molecule has 1 heteroatoms. The van der Waals surface area contributed by atoms with E-state index in [1.807, 2.05) is 6.08 Å². The van der Waals surface area contributed by atoms with Crippen LogP contribution in [0.3, 0.4) is 0 Å². The predicted molar refractivity (Wildman–Crippen MR) is 77.6 cm³/mol. The molecule has 0 saturated heterocycles. The van der Waals surface area contributed by atoms with Gasteiger partial charge in [-0.25, -0.2) is 0 Å². The first-order chi connectivity index (χ1) is 9.31. The summed E-state index contributed by atoms with van der Waals surface area (Å²) in [5, 5.41) is 0. The largest absolute Gasteiger partial charge is 0.492 e. The Morgan fingerprint density at radius 3 is 2.79 bits per heavy atom. The van der Waals surface area contributed by atoms with Crippen LogP contribution in [-0.2, 0) is 18.3 Å². The Kier molecular flexibility index (Phi) is 2.14. The smallest absolute Gasteiger partial charge is 0.123 e. The van der Waals surface area contributed by atoms with Crippen molar-refractivity contribution < 1.29 is 4.74 Å². The van der Waals surface area contributed by atoms with Gasteiger partial charge in [0.15, 0.2) is 0 Å². The van der Waals surface area contributed by atoms with Gasteiger partial charge in [-0.1, -0.05) is 49.1 Å². The summed E-state index contributed by atoms with van der Waals surface area (Å²) in [6, 6.07) is 15.2. The Morgan fingerprint density at radius 1 is 1.05 bits per heavy atom. The number of hydrogen-bond acceptors (Lipinski definition) is 1. The summed E-state index contributed by atoms with van der Waals surface area (Å²) in [5.41, 5.74) is 5.68. The molecule has 1 aliphatic heterocycles. The highest BCUT2D eigenvalue weighted by Gasteiger charge is 2.44. The van der Waals surface area contributed by atoms with Crippen LogP contribution >= 0.6 is 0 Å². The van der Waals surface area contributed by atoms with Crippen LogP contribution in [0, 0.1) is 0 Å². The molecule has 4 rings (SSSR count). The summed E-state index contributed by atoms with van der Waals surface area (Å²) in [6.45, 7) is 4.67. The van der Waals surface area contributed by atoms with E-state index >= 15 is 0 Å². The average Bonchev–Trinajstić information content (AvgIpc) is 3.00. The van der Waals surface area contributed by atoms with Crippen LogP contribution in [-0.4, -0.2) is 6.61 Å². The number of hydrogen-bond donors (Lipinski definition) is 0. The van der Waals surface area contributed by atoms with Crippen LogP contribution in [0.1, 0.15) is 22.3 Å². The molecule has 0 saturated carbocycles. The lowest BCUT2D eigenvalue weighted by atomic mass is 9.80. The zero-order chi connectivity index (χ0) is 12.9. The van der Waals surface area contributed by atoms with E-state index in [0.717, 1.165) is 25.2 Å². The van der Waals surface area contributed by atoms with Gasteiger partial charge in [0.25, 0.3) is 0 Å². The minimum Gasteiger partial charge on any atom is -0.492 e. The summed E-state index contributed by atoms with van der Waals surface area (Å²) in [5.74, 6) is 1.07. The third-order valence-electron chi connectivity index (χ3n) is 4.49. The van der Waals surface area contributed by atoms with Gasteiger partial charge in [-0.2, -0.15) is 0 Å². The molecule has 19 heavy (non-hydrogen) atoms. The van der Waals surface area contributed by atoms with Crippen molar-refractivity contribution in [3.8, 4) is 5.75 Å². The summed E-state index contributed by atoms with van der Waals surface area (Å²) < 4.78 is 5.90. The van der Waals surface area contributed by atoms with Crippen molar-refractivity contribution in [3.63, 3.8) is 0 Å². The van der Waals surface area contributed by atoms with Gasteiger partial charge in [0.05, 0.1) is 6.61 Å². The van der Waals surface area contributed by atoms with Gasteiger partial charge in [-0.3, -0.25) is 0 Å². The molecule has 0 fully saturated rings. The summed E-state index contributed by atoms with van der Waals surface area (Å²) in [6.07, 6.45) is 4.10. The third kappa shape index (κ3) is 1.48. The lowest BCUT2D eigenvalue weighted by Crippen LogP contribution is -2.28. The zero-order valence-electron chi connectivity index (χ0n) is 10.9. The molecule has 0 N–H and O–H groups in total. The van der Waals surface area contributed by atoms with E-state index < -0.39 is 0 Å². The van der Waals surface area contributed by atoms with E-state index in [1.165, 1.54) is 22.3 Å². The first-order valence-electron chi connectivity index (χ1n) is 6.77. The first-order valence-corrected chi connectivity index (χ1v) is 6.77. The number of fused-ring (bicyclic) bond motifs is 3. The second kappa shape index (κ2) is 3.74. The fourth-order valence-electron chi connectivity index (χ4n) is 3.52. The fraction of sp³-hybridized carbons (Fsp3) is 0.222. The minimum absolute atomic E-state index is 0.165. The second-order valence-electron chi connectivity index (χ2n) is 5.65. The van der Waals surface area contributed by atoms with Crippen LogP contribution < -0.4 is 4.74 Å². The predicted octanol–water partition coefficient (Wildman–Crippen LogP) is 3.76. The average molecular weight is 248 g/mol. The van der Waals surface area contributed by atoms with E-state index in [9.17, 15) is 0 Å². The molecule has 2 aromatic carbocycles. The van der Waals surface area contributed by atoms with Crippen molar-refractivity contribution in [2.24, 2.45) is 0 Å². The van der Waals surface area contributed by atoms with Crippen molar-refractivity contribution in [2.45, 2.75) is 18.3 Å². The monoisotopic (exact) mass is 248 g/mol. The molecule has 0 unspecified atom stereocenters. The number of benzene rings is 2. The molecule has 1 heterocycles. The fourth-order valence-corrected chi connectivity index (χ4v) is 3.52. The van der Waals surface area contributed by atoms with Gasteiger partial charge in [0.2, 0.25) is 0 Å². The second-order valence-corrected chi connectivity index (χ2v) is 5.65. The first kappa shape index (κ1) is 10.9. The summed E-state index contributed by atoms with van der Waals surface area (Å²) in [4.78, 5) is 0. The van der Waals surface area contributed by atoms with E-state index in [2.05, 4.69) is 49.0 Å². The molecule has 0 bridgehead atoms. The van der Waals surface area contributed by atoms with Gasteiger partial charge < -0.3 is 4.74 Å². The van der Waals surface area contributed by atoms with E-state index in [4.69, 9.17) is 4.74 Å². The van der Waals surface area contributed by atoms with Gasteiger partial charge in [-0.15, -0.1) is 0 Å². The molecule has 2 aliphatic rings. The van der Waals surface area contributed by atoms with Gasteiger partial charge in [0.1, 0.15) is 5.75 Å². The van der Waals surface area contributed by atoms with Crippen LogP contribution in [0.15, 0.2) is 49.0 Å². The van der Waals surface area contributed by atoms with Crippen molar-refractivity contribution >= 4 is 6.08 Å². The molecule has 2 aromatic rings. The zero-order valence-corrected chi connectivity index (χ0v) is 10.9. The topological polar surface area (TPSA) is 9.23 Å². The molecule has 1 nitrogen and oxygen atoms in total. The van der Waals surface area contributed by atoms with Crippen LogP contribution in [0.5, 0.6) is 5.75 Å². The third-order valence-corrected chi connectivity index (χ3v) is 4.49. The Bertz CT molecular complexity index is 671. The van der Waals surface area contributed by atoms with Gasteiger partial charge in [0, 0.05) is 11.0 Å². The number of rotatable bonds is 1. The number of para-hydroxylation sites is 1. The molecule has 0 radical (unpaired) electrons. The summed E-state index contributed by atoms with van der Waals surface area (Å²) >= 11 is 0. The lowest BCUT2D eigenvalue weighted by molar-refractivity contribution is 0.271. The molecule has 0 amide bonds. The van der Waals surface area contributed by atoms with Crippen molar-refractivity contribution in [3.05, 3.63) is 71.3 Å². The molecule has 94 valence electrons. The molecule has 0 aromatic heterocycles. The van der Waals surface area contributed by atoms with Gasteiger partial charge in [-0.05, 0) is 35.6 Å². The van der Waals surface area contributed by atoms with E-state index in [-0.39, 0.29) is 5.41 Å². The quantitative estimate of drug-likeness (QED) is 0.746. The highest BCUT2D eigenvalue weighted by Crippen LogP contribution is 2.47. The maximum Gasteiger partial charge on any atom is 0.123 e. The lowest BCUT2D eigenvalue weighted by Gasteiger charge is -2.21. The highest BCUT2D eigenvalue weighted by molar-refractivity contribution is 5.55.